The van der Waals surface area contributed by atoms with E-state index in [4.69, 9.17) is 4.74 Å². The zero-order valence-corrected chi connectivity index (χ0v) is 18.6. The van der Waals surface area contributed by atoms with Crippen LogP contribution in [0.3, 0.4) is 0 Å². The Bertz CT molecular complexity index is 1110. The van der Waals surface area contributed by atoms with Crippen LogP contribution in [0.15, 0.2) is 64.6 Å². The van der Waals surface area contributed by atoms with Gasteiger partial charge in [0.05, 0.1) is 16.8 Å². The Labute approximate surface area is 180 Å². The van der Waals surface area contributed by atoms with Crippen molar-refractivity contribution in [3.05, 3.63) is 66.0 Å². The Morgan fingerprint density at radius 2 is 1.73 bits per heavy atom. The molecule has 1 aromatic heterocycles. The molecule has 158 valence electrons. The van der Waals surface area contributed by atoms with Gasteiger partial charge in [-0.2, -0.15) is 0 Å². The molecule has 0 saturated carbocycles. The maximum absolute atomic E-state index is 12.9. The third kappa shape index (κ3) is 5.48. The van der Waals surface area contributed by atoms with E-state index in [0.717, 1.165) is 23.0 Å². The number of hydrogen-bond donors (Lipinski definition) is 0. The Morgan fingerprint density at radius 1 is 1.07 bits per heavy atom. The molecule has 0 aliphatic carbocycles. The summed E-state index contributed by atoms with van der Waals surface area (Å²) >= 11 is 1.16. The lowest BCUT2D eigenvalue weighted by Gasteiger charge is -2.11. The van der Waals surface area contributed by atoms with Crippen LogP contribution in [0.2, 0.25) is 0 Å². The summed E-state index contributed by atoms with van der Waals surface area (Å²) < 4.78 is 32.7. The molecule has 9 heteroatoms. The quantitative estimate of drug-likeness (QED) is 0.386. The number of benzene rings is 2. The molecule has 3 rings (SSSR count). The molecule has 30 heavy (non-hydrogen) atoms. The van der Waals surface area contributed by atoms with Crippen LogP contribution in [0.25, 0.3) is 5.69 Å². The molecule has 0 unspecified atom stereocenters. The van der Waals surface area contributed by atoms with Gasteiger partial charge < -0.3 is 4.74 Å². The van der Waals surface area contributed by atoms with Crippen molar-refractivity contribution in [3.8, 4) is 5.69 Å². The van der Waals surface area contributed by atoms with Crippen molar-refractivity contribution in [1.29, 1.82) is 0 Å². The highest BCUT2D eigenvalue weighted by Gasteiger charge is 2.23. The fraction of sp³-hybridized carbons (Fsp3) is 0.286. The van der Waals surface area contributed by atoms with E-state index in [9.17, 15) is 13.2 Å². The SMILES string of the molecule is Cc1ccc(S(=O)(=O)Cc2nnc(SCC(=O)OC(C)C)n2-c2ccccc2)cc1. The average Bonchev–Trinajstić information content (AvgIpc) is 3.08. The number of para-hydroxylation sites is 1. The summed E-state index contributed by atoms with van der Waals surface area (Å²) in [4.78, 5) is 12.2. The number of carbonyl (C=O) groups is 1. The summed E-state index contributed by atoms with van der Waals surface area (Å²) in [6.07, 6.45) is -0.208. The monoisotopic (exact) mass is 445 g/mol. The second-order valence-electron chi connectivity index (χ2n) is 6.97. The van der Waals surface area contributed by atoms with E-state index in [1.165, 1.54) is 0 Å². The van der Waals surface area contributed by atoms with Crippen LogP contribution in [0.1, 0.15) is 25.2 Å². The zero-order chi connectivity index (χ0) is 21.7. The van der Waals surface area contributed by atoms with Gasteiger partial charge in [-0.05, 0) is 45.0 Å². The van der Waals surface area contributed by atoms with Crippen LogP contribution in [-0.4, -0.2) is 41.0 Å². The van der Waals surface area contributed by atoms with E-state index in [1.54, 1.807) is 42.7 Å². The van der Waals surface area contributed by atoms with Gasteiger partial charge in [0.25, 0.3) is 0 Å². The minimum Gasteiger partial charge on any atom is -0.462 e. The highest BCUT2D eigenvalue weighted by atomic mass is 32.2. The van der Waals surface area contributed by atoms with Crippen molar-refractivity contribution in [2.24, 2.45) is 0 Å². The second kappa shape index (κ2) is 9.44. The van der Waals surface area contributed by atoms with E-state index in [2.05, 4.69) is 10.2 Å². The fourth-order valence-electron chi connectivity index (χ4n) is 2.74. The molecule has 0 amide bonds. The minimum absolute atomic E-state index is 0.0495. The molecule has 0 atom stereocenters. The van der Waals surface area contributed by atoms with E-state index >= 15 is 0 Å². The summed E-state index contributed by atoms with van der Waals surface area (Å²) in [6.45, 7) is 5.46. The zero-order valence-electron chi connectivity index (χ0n) is 17.0. The maximum atomic E-state index is 12.9. The molecule has 2 aromatic carbocycles. The number of rotatable bonds is 8. The van der Waals surface area contributed by atoms with Crippen LogP contribution >= 0.6 is 11.8 Å². The normalized spacial score (nSPS) is 11.6. The first-order valence-electron chi connectivity index (χ1n) is 9.37. The first-order valence-corrected chi connectivity index (χ1v) is 12.0. The van der Waals surface area contributed by atoms with Gasteiger partial charge in [0.15, 0.2) is 20.8 Å². The van der Waals surface area contributed by atoms with Crippen LogP contribution in [0.4, 0.5) is 0 Å². The number of ether oxygens (including phenoxy) is 1. The Morgan fingerprint density at radius 3 is 2.37 bits per heavy atom. The summed E-state index contributed by atoms with van der Waals surface area (Å²) in [7, 11) is -3.62. The molecule has 0 fully saturated rings. The third-order valence-electron chi connectivity index (χ3n) is 4.10. The van der Waals surface area contributed by atoms with E-state index < -0.39 is 9.84 Å². The van der Waals surface area contributed by atoms with Crippen LogP contribution in [-0.2, 0) is 25.1 Å². The molecule has 0 radical (unpaired) electrons. The molecule has 7 nitrogen and oxygen atoms in total. The number of carbonyl (C=O) groups excluding carboxylic acids is 1. The maximum Gasteiger partial charge on any atom is 0.316 e. The molecular weight excluding hydrogens is 422 g/mol. The van der Waals surface area contributed by atoms with E-state index in [-0.39, 0.29) is 34.3 Å². The van der Waals surface area contributed by atoms with Gasteiger partial charge in [-0.15, -0.1) is 10.2 Å². The standard InChI is InChI=1S/C21H23N3O4S2/c1-15(2)28-20(25)13-29-21-23-22-19(24(21)17-7-5-4-6-8-17)14-30(26,27)18-11-9-16(3)10-12-18/h4-12,15H,13-14H2,1-3H3. The Kier molecular flexibility index (Phi) is 6.94. The minimum atomic E-state index is -3.62. The summed E-state index contributed by atoms with van der Waals surface area (Å²) in [5, 5.41) is 8.69. The van der Waals surface area contributed by atoms with Gasteiger partial charge in [-0.1, -0.05) is 47.7 Å². The fourth-order valence-corrected chi connectivity index (χ4v) is 4.74. The van der Waals surface area contributed by atoms with Crippen molar-refractivity contribution in [2.75, 3.05) is 5.75 Å². The van der Waals surface area contributed by atoms with Crippen molar-refractivity contribution < 1.29 is 17.9 Å². The van der Waals surface area contributed by atoms with Gasteiger partial charge in [-0.25, -0.2) is 8.42 Å². The largest absolute Gasteiger partial charge is 0.462 e. The molecule has 1 heterocycles. The van der Waals surface area contributed by atoms with Gasteiger partial charge in [0.2, 0.25) is 0 Å². The van der Waals surface area contributed by atoms with Crippen molar-refractivity contribution >= 4 is 27.6 Å². The predicted molar refractivity (Wildman–Crippen MR) is 115 cm³/mol. The van der Waals surface area contributed by atoms with Gasteiger partial charge in [-0.3, -0.25) is 9.36 Å². The predicted octanol–water partition coefficient (Wildman–Crippen LogP) is 3.59. The van der Waals surface area contributed by atoms with Gasteiger partial charge in [0, 0.05) is 5.69 Å². The summed E-state index contributed by atoms with van der Waals surface area (Å²) in [5.41, 5.74) is 1.70. The lowest BCUT2D eigenvalue weighted by atomic mass is 10.2. The van der Waals surface area contributed by atoms with Crippen LogP contribution in [0, 0.1) is 6.92 Å². The topological polar surface area (TPSA) is 91.2 Å². The number of hydrogen-bond acceptors (Lipinski definition) is 7. The molecule has 0 aliphatic rings. The highest BCUT2D eigenvalue weighted by molar-refractivity contribution is 7.99. The van der Waals surface area contributed by atoms with Crippen LogP contribution < -0.4 is 0 Å². The summed E-state index contributed by atoms with van der Waals surface area (Å²) in [5.74, 6) is -0.351. The molecule has 0 saturated heterocycles. The van der Waals surface area contributed by atoms with Crippen molar-refractivity contribution in [2.45, 2.75) is 42.7 Å². The average molecular weight is 446 g/mol. The number of aryl methyl sites for hydroxylation is 1. The smallest absolute Gasteiger partial charge is 0.316 e. The molecule has 0 aliphatic heterocycles. The molecule has 3 aromatic rings. The highest BCUT2D eigenvalue weighted by Crippen LogP contribution is 2.25. The van der Waals surface area contributed by atoms with E-state index in [1.807, 2.05) is 37.3 Å². The van der Waals surface area contributed by atoms with Crippen LogP contribution in [0.5, 0.6) is 0 Å². The van der Waals surface area contributed by atoms with Crippen molar-refractivity contribution in [3.63, 3.8) is 0 Å². The first kappa shape index (κ1) is 22.0. The Balaban J connectivity index is 1.92. The summed E-state index contributed by atoms with van der Waals surface area (Å²) in [6, 6.07) is 15.9. The number of aromatic nitrogens is 3. The first-order chi connectivity index (χ1) is 14.3. The van der Waals surface area contributed by atoms with Gasteiger partial charge in [0.1, 0.15) is 5.75 Å². The lowest BCUT2D eigenvalue weighted by Crippen LogP contribution is -2.14. The number of nitrogens with zero attached hydrogens (tertiary/aromatic N) is 3. The number of thioether (sulfide) groups is 1. The molecule has 0 bridgehead atoms. The molecular formula is C21H23N3O4S2. The second-order valence-corrected chi connectivity index (χ2v) is 9.90. The third-order valence-corrected chi connectivity index (χ3v) is 6.63. The van der Waals surface area contributed by atoms with Crippen molar-refractivity contribution in [1.82, 2.24) is 14.8 Å². The molecule has 0 spiro atoms. The molecule has 0 N–H and O–H groups in total. The lowest BCUT2D eigenvalue weighted by molar-refractivity contribution is -0.144. The van der Waals surface area contributed by atoms with E-state index in [0.29, 0.717) is 5.16 Å². The Hall–Kier alpha value is -2.65. The van der Waals surface area contributed by atoms with Gasteiger partial charge >= 0.3 is 5.97 Å². The number of esters is 1. The number of sulfone groups is 1.